The van der Waals surface area contributed by atoms with E-state index in [2.05, 4.69) is 15.6 Å². The third-order valence-corrected chi connectivity index (χ3v) is 6.99. The summed E-state index contributed by atoms with van der Waals surface area (Å²) in [6.07, 6.45) is 0. The van der Waals surface area contributed by atoms with Gasteiger partial charge >= 0.3 is 0 Å². The Bertz CT molecular complexity index is 1840. The van der Waals surface area contributed by atoms with Crippen molar-refractivity contribution in [2.75, 3.05) is 12.4 Å². The number of rotatable bonds is 9. The van der Waals surface area contributed by atoms with E-state index in [9.17, 15) is 14.4 Å². The highest BCUT2D eigenvalue weighted by Crippen LogP contribution is 2.32. The molecule has 0 aliphatic rings. The third-order valence-electron chi connectivity index (χ3n) is 6.43. The molecule has 2 amide bonds. The van der Waals surface area contributed by atoms with Crippen molar-refractivity contribution in [1.82, 2.24) is 10.3 Å². The van der Waals surface area contributed by atoms with Crippen molar-refractivity contribution in [2.45, 2.75) is 13.2 Å². The molecule has 3 N–H and O–H groups in total. The first kappa shape index (κ1) is 28.7. The second-order valence-corrected chi connectivity index (χ2v) is 10.2. The summed E-state index contributed by atoms with van der Waals surface area (Å²) in [6, 6.07) is 26.1. The lowest BCUT2D eigenvalue weighted by Crippen LogP contribution is -2.24. The Hall–Kier alpha value is -4.79. The summed E-state index contributed by atoms with van der Waals surface area (Å²) in [5, 5.41) is 6.78. The normalized spacial score (nSPS) is 10.7. The minimum atomic E-state index is -0.695. The number of methoxy groups -OCH3 is 1. The van der Waals surface area contributed by atoms with Gasteiger partial charge in [-0.2, -0.15) is 0 Å². The molecule has 0 aliphatic heterocycles. The van der Waals surface area contributed by atoms with Gasteiger partial charge in [0.15, 0.2) is 11.5 Å². The topological polar surface area (TPSA) is 110 Å². The number of amides is 2. The number of carbonyl (C=O) groups excluding carboxylic acids is 2. The Balaban J connectivity index is 1.35. The number of carbonyl (C=O) groups is 2. The summed E-state index contributed by atoms with van der Waals surface area (Å²) in [5.41, 5.74) is 1.98. The number of benzene rings is 4. The maximum absolute atomic E-state index is 13.2. The van der Waals surface area contributed by atoms with Crippen LogP contribution in [0.5, 0.6) is 11.5 Å². The molecule has 0 fully saturated rings. The number of H-pyrrole nitrogens is 1. The van der Waals surface area contributed by atoms with E-state index in [1.807, 2.05) is 36.4 Å². The van der Waals surface area contributed by atoms with Crippen LogP contribution in [0.3, 0.4) is 0 Å². The number of aromatic amines is 1. The first-order chi connectivity index (χ1) is 20.3. The molecular formula is C32H25Cl2N3O5. The van der Waals surface area contributed by atoms with E-state index in [1.165, 1.54) is 25.3 Å². The quantitative estimate of drug-likeness (QED) is 0.176. The van der Waals surface area contributed by atoms with E-state index in [4.69, 9.17) is 32.7 Å². The Kier molecular flexibility index (Phi) is 8.76. The summed E-state index contributed by atoms with van der Waals surface area (Å²) in [5.74, 6) is -0.183. The van der Waals surface area contributed by atoms with Gasteiger partial charge in [-0.15, -0.1) is 0 Å². The van der Waals surface area contributed by atoms with Crippen molar-refractivity contribution in [3.05, 3.63) is 134 Å². The van der Waals surface area contributed by atoms with Gasteiger partial charge in [-0.05, 0) is 53.6 Å². The molecule has 1 aromatic heterocycles. The summed E-state index contributed by atoms with van der Waals surface area (Å²) in [7, 11) is 1.51. The van der Waals surface area contributed by atoms with Gasteiger partial charge in [0.2, 0.25) is 0 Å². The summed E-state index contributed by atoms with van der Waals surface area (Å²) in [4.78, 5) is 41.6. The van der Waals surface area contributed by atoms with Crippen LogP contribution in [0, 0.1) is 0 Å². The summed E-state index contributed by atoms with van der Waals surface area (Å²) in [6.45, 7) is 0.568. The first-order valence-corrected chi connectivity index (χ1v) is 13.6. The molecule has 1 heterocycles. The number of halogens is 2. The zero-order valence-electron chi connectivity index (χ0n) is 22.4. The van der Waals surface area contributed by atoms with Gasteiger partial charge in [-0.1, -0.05) is 65.7 Å². The average molecular weight is 602 g/mol. The van der Waals surface area contributed by atoms with Crippen LogP contribution >= 0.6 is 23.2 Å². The van der Waals surface area contributed by atoms with Gasteiger partial charge in [0.1, 0.15) is 12.2 Å². The molecule has 5 aromatic rings. The molecule has 0 radical (unpaired) electrons. The fourth-order valence-electron chi connectivity index (χ4n) is 4.27. The molecule has 0 unspecified atom stereocenters. The lowest BCUT2D eigenvalue weighted by atomic mass is 10.1. The monoisotopic (exact) mass is 601 g/mol. The van der Waals surface area contributed by atoms with Gasteiger partial charge in [0, 0.05) is 28.6 Å². The highest BCUT2D eigenvalue weighted by Gasteiger charge is 2.17. The summed E-state index contributed by atoms with van der Waals surface area (Å²) >= 11 is 12.3. The molecule has 8 nitrogen and oxygen atoms in total. The number of fused-ring (bicyclic) bond motifs is 1. The minimum Gasteiger partial charge on any atom is -0.493 e. The van der Waals surface area contributed by atoms with Crippen molar-refractivity contribution in [1.29, 1.82) is 0 Å². The first-order valence-electron chi connectivity index (χ1n) is 12.9. The molecule has 0 atom stereocenters. The second-order valence-electron chi connectivity index (χ2n) is 9.34. The van der Waals surface area contributed by atoms with Crippen LogP contribution in [0.1, 0.15) is 31.8 Å². The Morgan fingerprint density at radius 2 is 1.62 bits per heavy atom. The van der Waals surface area contributed by atoms with E-state index in [0.717, 1.165) is 11.1 Å². The highest BCUT2D eigenvalue weighted by atomic mass is 35.5. The molecule has 212 valence electrons. The van der Waals surface area contributed by atoms with Crippen LogP contribution in [0.2, 0.25) is 10.0 Å². The van der Waals surface area contributed by atoms with Crippen LogP contribution in [-0.4, -0.2) is 23.9 Å². The lowest BCUT2D eigenvalue weighted by molar-refractivity contribution is 0.0949. The molecule has 0 aliphatic carbocycles. The zero-order chi connectivity index (χ0) is 29.6. The van der Waals surface area contributed by atoms with E-state index in [0.29, 0.717) is 34.0 Å². The van der Waals surface area contributed by atoms with Gasteiger partial charge in [0.25, 0.3) is 17.4 Å². The number of ether oxygens (including phenoxy) is 2. The SMILES string of the molecule is COc1cc2[nH]c(=O)c(C(=O)Nc3cc(C(=O)NCc4cccc(Cl)c4)ccc3Cl)cc2cc1OCc1ccccc1. The largest absolute Gasteiger partial charge is 0.493 e. The van der Waals surface area contributed by atoms with Crippen molar-refractivity contribution in [3.8, 4) is 11.5 Å². The number of anilines is 1. The number of pyridine rings is 1. The van der Waals surface area contributed by atoms with E-state index in [1.54, 1.807) is 36.4 Å². The van der Waals surface area contributed by atoms with Crippen LogP contribution < -0.4 is 25.7 Å². The predicted molar refractivity (Wildman–Crippen MR) is 164 cm³/mol. The molecule has 4 aromatic carbocycles. The molecule has 0 spiro atoms. The van der Waals surface area contributed by atoms with Gasteiger partial charge in [0.05, 0.1) is 23.3 Å². The smallest absolute Gasteiger partial charge is 0.261 e. The van der Waals surface area contributed by atoms with Crippen molar-refractivity contribution in [3.63, 3.8) is 0 Å². The van der Waals surface area contributed by atoms with Gasteiger partial charge in [-0.3, -0.25) is 14.4 Å². The van der Waals surface area contributed by atoms with Crippen LogP contribution in [0.25, 0.3) is 10.9 Å². The van der Waals surface area contributed by atoms with Crippen molar-refractivity contribution in [2.24, 2.45) is 0 Å². The predicted octanol–water partition coefficient (Wildman–Crippen LogP) is 6.60. The van der Waals surface area contributed by atoms with E-state index >= 15 is 0 Å². The fraction of sp³-hybridized carbons (Fsp3) is 0.0938. The Labute approximate surface area is 251 Å². The molecule has 10 heteroatoms. The minimum absolute atomic E-state index is 0.145. The Morgan fingerprint density at radius 1 is 0.833 bits per heavy atom. The maximum Gasteiger partial charge on any atom is 0.261 e. The molecule has 0 saturated heterocycles. The van der Waals surface area contributed by atoms with Gasteiger partial charge in [-0.25, -0.2) is 0 Å². The van der Waals surface area contributed by atoms with Crippen LogP contribution in [0.4, 0.5) is 5.69 Å². The van der Waals surface area contributed by atoms with Crippen molar-refractivity contribution < 1.29 is 19.1 Å². The number of hydrogen-bond acceptors (Lipinski definition) is 5. The summed E-state index contributed by atoms with van der Waals surface area (Å²) < 4.78 is 11.4. The maximum atomic E-state index is 13.2. The van der Waals surface area contributed by atoms with Gasteiger partial charge < -0.3 is 25.1 Å². The van der Waals surface area contributed by atoms with Crippen LogP contribution in [0.15, 0.2) is 95.8 Å². The fourth-order valence-corrected chi connectivity index (χ4v) is 4.65. The van der Waals surface area contributed by atoms with E-state index < -0.39 is 11.5 Å². The standard InChI is InChI=1S/C32H25Cl2N3O5/c1-41-28-16-26-22(15-29(28)42-18-19-6-3-2-4-7-19)13-24(31(39)36-26)32(40)37-27-14-21(10-11-25(27)34)30(38)35-17-20-8-5-9-23(33)12-20/h2-16H,17-18H2,1H3,(H,35,38)(H,36,39)(H,37,40). The van der Waals surface area contributed by atoms with Crippen molar-refractivity contribution >= 4 is 51.6 Å². The number of nitrogens with one attached hydrogen (secondary N) is 3. The third kappa shape index (κ3) is 6.74. The Morgan fingerprint density at radius 3 is 2.38 bits per heavy atom. The number of hydrogen-bond donors (Lipinski definition) is 3. The lowest BCUT2D eigenvalue weighted by Gasteiger charge is -2.13. The molecule has 5 rings (SSSR count). The molecule has 0 saturated carbocycles. The molecule has 0 bridgehead atoms. The number of aromatic nitrogens is 1. The van der Waals surface area contributed by atoms with Crippen LogP contribution in [-0.2, 0) is 13.2 Å². The molecular weight excluding hydrogens is 577 g/mol. The highest BCUT2D eigenvalue weighted by molar-refractivity contribution is 6.34. The molecule has 42 heavy (non-hydrogen) atoms. The average Bonchev–Trinajstić information content (AvgIpc) is 2.99. The zero-order valence-corrected chi connectivity index (χ0v) is 23.9. The second kappa shape index (κ2) is 12.8. The van der Waals surface area contributed by atoms with E-state index in [-0.39, 0.29) is 34.3 Å².